The molecule has 1 aromatic carbocycles. The number of rotatable bonds is 1. The zero-order valence-corrected chi connectivity index (χ0v) is 13.0. The molecule has 0 aromatic heterocycles. The lowest BCUT2D eigenvalue weighted by molar-refractivity contribution is 0.0972. The Labute approximate surface area is 118 Å². The van der Waals surface area contributed by atoms with Crippen molar-refractivity contribution in [1.29, 1.82) is 0 Å². The number of aryl methyl sites for hydroxylation is 1. The van der Waals surface area contributed by atoms with Crippen LogP contribution in [-0.2, 0) is 6.42 Å². The minimum absolute atomic E-state index is 0.553. The van der Waals surface area contributed by atoms with Crippen molar-refractivity contribution in [2.75, 3.05) is 0 Å². The maximum atomic E-state index is 2.50. The van der Waals surface area contributed by atoms with Crippen LogP contribution in [0.25, 0.3) is 0 Å². The molecule has 2 unspecified atom stereocenters. The van der Waals surface area contributed by atoms with Crippen LogP contribution in [0.2, 0.25) is 0 Å². The van der Waals surface area contributed by atoms with E-state index >= 15 is 0 Å². The molecule has 0 aliphatic heterocycles. The van der Waals surface area contributed by atoms with E-state index in [0.29, 0.717) is 11.3 Å². The molecule has 0 N–H and O–H groups in total. The highest BCUT2D eigenvalue weighted by molar-refractivity contribution is 5.38. The maximum Gasteiger partial charge on any atom is -0.0126 e. The summed E-state index contributed by atoms with van der Waals surface area (Å²) in [5.41, 5.74) is 5.42. The molecule has 0 bridgehead atoms. The van der Waals surface area contributed by atoms with Crippen molar-refractivity contribution < 1.29 is 0 Å². The molecule has 0 radical (unpaired) electrons. The minimum Gasteiger partial charge on any atom is -0.0596 e. The number of hydrogen-bond acceptors (Lipinski definition) is 0. The molecule has 3 rings (SSSR count). The van der Waals surface area contributed by atoms with Gasteiger partial charge in [0, 0.05) is 0 Å². The van der Waals surface area contributed by atoms with E-state index < -0.39 is 0 Å². The zero-order valence-electron chi connectivity index (χ0n) is 13.0. The second-order valence-corrected chi connectivity index (χ2v) is 7.75. The first-order chi connectivity index (χ1) is 8.99. The highest BCUT2D eigenvalue weighted by Gasteiger charge is 2.41. The van der Waals surface area contributed by atoms with Gasteiger partial charge in [-0.1, -0.05) is 52.3 Å². The second kappa shape index (κ2) is 4.65. The molecule has 1 fully saturated rings. The Kier molecular flexibility index (Phi) is 3.23. The van der Waals surface area contributed by atoms with Crippen molar-refractivity contribution in [3.8, 4) is 0 Å². The molecular weight excluding hydrogens is 228 g/mol. The van der Waals surface area contributed by atoms with Gasteiger partial charge in [-0.3, -0.25) is 0 Å². The van der Waals surface area contributed by atoms with Gasteiger partial charge in [-0.15, -0.1) is 0 Å². The Bertz CT molecular complexity index is 467. The van der Waals surface area contributed by atoms with Gasteiger partial charge in [0.1, 0.15) is 0 Å². The summed E-state index contributed by atoms with van der Waals surface area (Å²) in [6.45, 7) is 9.60. The zero-order chi connectivity index (χ0) is 13.6. The average molecular weight is 256 g/mol. The Hall–Kier alpha value is -0.780. The highest BCUT2D eigenvalue weighted by atomic mass is 14.5. The molecule has 104 valence electrons. The van der Waals surface area contributed by atoms with E-state index in [1.165, 1.54) is 37.7 Å². The number of fused-ring (bicyclic) bond motifs is 3. The first-order valence-corrected chi connectivity index (χ1v) is 8.12. The molecule has 0 spiro atoms. The van der Waals surface area contributed by atoms with Crippen LogP contribution < -0.4 is 0 Å². The predicted octanol–water partition coefficient (Wildman–Crippen LogP) is 5.67. The quantitative estimate of drug-likeness (QED) is 0.607. The molecule has 2 aliphatic carbocycles. The molecule has 1 saturated carbocycles. The fourth-order valence-electron chi connectivity index (χ4n) is 4.55. The number of hydrogen-bond donors (Lipinski definition) is 0. The van der Waals surface area contributed by atoms with E-state index in [0.717, 1.165) is 11.8 Å². The van der Waals surface area contributed by atoms with Crippen LogP contribution in [0, 0.1) is 11.3 Å². The molecule has 2 atom stereocenters. The molecule has 2 aliphatic rings. The summed E-state index contributed by atoms with van der Waals surface area (Å²) in [6.07, 6.45) is 6.97. The monoisotopic (exact) mass is 256 g/mol. The normalized spacial score (nSPS) is 28.9. The van der Waals surface area contributed by atoms with E-state index in [4.69, 9.17) is 0 Å². The largest absolute Gasteiger partial charge is 0.0596 e. The van der Waals surface area contributed by atoms with Crippen molar-refractivity contribution in [3.63, 3.8) is 0 Å². The lowest BCUT2D eigenvalue weighted by Crippen LogP contribution is -2.36. The number of benzene rings is 1. The van der Waals surface area contributed by atoms with E-state index in [2.05, 4.69) is 45.9 Å². The SMILES string of the molecule is CC(C)c1ccc2c(c1)CCC1C2CCCC1(C)C. The molecule has 1 aromatic rings. The fourth-order valence-corrected chi connectivity index (χ4v) is 4.55. The summed E-state index contributed by atoms with van der Waals surface area (Å²) < 4.78 is 0. The molecule has 0 nitrogen and oxygen atoms in total. The molecule has 0 amide bonds. The van der Waals surface area contributed by atoms with Gasteiger partial charge in [0.15, 0.2) is 0 Å². The minimum atomic E-state index is 0.553. The van der Waals surface area contributed by atoms with Gasteiger partial charge in [-0.05, 0) is 65.5 Å². The van der Waals surface area contributed by atoms with Crippen LogP contribution >= 0.6 is 0 Å². The summed E-state index contributed by atoms with van der Waals surface area (Å²) in [6, 6.07) is 7.34. The highest BCUT2D eigenvalue weighted by Crippen LogP contribution is 2.53. The lowest BCUT2D eigenvalue weighted by atomic mass is 9.57. The van der Waals surface area contributed by atoms with Gasteiger partial charge in [0.2, 0.25) is 0 Å². The Morgan fingerprint density at radius 1 is 1.16 bits per heavy atom. The predicted molar refractivity (Wildman–Crippen MR) is 82.7 cm³/mol. The van der Waals surface area contributed by atoms with Crippen molar-refractivity contribution in [2.45, 2.75) is 71.6 Å². The fraction of sp³-hybridized carbons (Fsp3) is 0.684. The van der Waals surface area contributed by atoms with Crippen LogP contribution in [0.3, 0.4) is 0 Å². The third-order valence-corrected chi connectivity index (χ3v) is 5.78. The first kappa shape index (κ1) is 13.2. The first-order valence-electron chi connectivity index (χ1n) is 8.12. The van der Waals surface area contributed by atoms with Crippen LogP contribution in [0.15, 0.2) is 18.2 Å². The third-order valence-electron chi connectivity index (χ3n) is 5.78. The maximum absolute atomic E-state index is 2.50. The van der Waals surface area contributed by atoms with Crippen molar-refractivity contribution in [3.05, 3.63) is 34.9 Å². The molecular formula is C19H28. The average Bonchev–Trinajstić information content (AvgIpc) is 2.37. The molecule has 0 heterocycles. The van der Waals surface area contributed by atoms with E-state index in [-0.39, 0.29) is 0 Å². The van der Waals surface area contributed by atoms with Crippen molar-refractivity contribution in [2.24, 2.45) is 11.3 Å². The van der Waals surface area contributed by atoms with Gasteiger partial charge in [-0.25, -0.2) is 0 Å². The van der Waals surface area contributed by atoms with Gasteiger partial charge in [0.05, 0.1) is 0 Å². The van der Waals surface area contributed by atoms with Crippen LogP contribution in [0.1, 0.15) is 81.9 Å². The van der Waals surface area contributed by atoms with Gasteiger partial charge < -0.3 is 0 Å². The standard InChI is InChI=1S/C19H28/c1-13(2)14-7-9-16-15(12-14)8-10-18-17(16)6-5-11-19(18,3)4/h7,9,12-13,17-18H,5-6,8,10-11H2,1-4H3. The summed E-state index contributed by atoms with van der Waals surface area (Å²) in [7, 11) is 0. The van der Waals surface area contributed by atoms with Crippen LogP contribution in [0.5, 0.6) is 0 Å². The van der Waals surface area contributed by atoms with Gasteiger partial charge >= 0.3 is 0 Å². The molecule has 0 saturated heterocycles. The summed E-state index contributed by atoms with van der Waals surface area (Å²) in [4.78, 5) is 0. The Balaban J connectivity index is 1.97. The van der Waals surface area contributed by atoms with Crippen molar-refractivity contribution in [1.82, 2.24) is 0 Å². The van der Waals surface area contributed by atoms with Crippen molar-refractivity contribution >= 4 is 0 Å². The lowest BCUT2D eigenvalue weighted by Gasteiger charge is -2.47. The van der Waals surface area contributed by atoms with Crippen LogP contribution in [0.4, 0.5) is 0 Å². The summed E-state index contributed by atoms with van der Waals surface area (Å²) in [5.74, 6) is 2.41. The van der Waals surface area contributed by atoms with Gasteiger partial charge in [-0.2, -0.15) is 0 Å². The third kappa shape index (κ3) is 2.24. The van der Waals surface area contributed by atoms with E-state index in [9.17, 15) is 0 Å². The van der Waals surface area contributed by atoms with E-state index in [1.807, 2.05) is 0 Å². The molecule has 19 heavy (non-hydrogen) atoms. The van der Waals surface area contributed by atoms with Gasteiger partial charge in [0.25, 0.3) is 0 Å². The smallest absolute Gasteiger partial charge is 0.0126 e. The Morgan fingerprint density at radius 2 is 1.95 bits per heavy atom. The summed E-state index contributed by atoms with van der Waals surface area (Å²) >= 11 is 0. The summed E-state index contributed by atoms with van der Waals surface area (Å²) in [5, 5.41) is 0. The second-order valence-electron chi connectivity index (χ2n) is 7.75. The van der Waals surface area contributed by atoms with Crippen LogP contribution in [-0.4, -0.2) is 0 Å². The van der Waals surface area contributed by atoms with E-state index in [1.54, 1.807) is 11.1 Å². The topological polar surface area (TPSA) is 0 Å². The molecule has 0 heteroatoms. The Morgan fingerprint density at radius 3 is 2.68 bits per heavy atom.